The molecule has 0 aromatic carbocycles. The van der Waals surface area contributed by atoms with Crippen molar-refractivity contribution >= 4 is 11.8 Å². The molecular formula is C11H23NOS. The zero-order chi connectivity index (χ0) is 10.4. The molecule has 1 N–H and O–H groups in total. The Balaban J connectivity index is 2.31. The smallest absolute Gasteiger partial charge is 0.0615 e. The van der Waals surface area contributed by atoms with Crippen molar-refractivity contribution in [2.24, 2.45) is 0 Å². The summed E-state index contributed by atoms with van der Waals surface area (Å²) in [6.07, 6.45) is 3.84. The first-order valence-corrected chi connectivity index (χ1v) is 6.69. The van der Waals surface area contributed by atoms with E-state index in [0.717, 1.165) is 18.3 Å². The van der Waals surface area contributed by atoms with E-state index in [1.54, 1.807) is 7.11 Å². The summed E-state index contributed by atoms with van der Waals surface area (Å²) in [5.74, 6) is 1.33. The summed E-state index contributed by atoms with van der Waals surface area (Å²) in [6.45, 7) is 5.39. The molecule has 0 amide bonds. The average molecular weight is 217 g/mol. The molecule has 1 rings (SSSR count). The van der Waals surface area contributed by atoms with E-state index in [0.29, 0.717) is 12.1 Å². The van der Waals surface area contributed by atoms with E-state index in [2.05, 4.69) is 30.9 Å². The first kappa shape index (κ1) is 12.3. The highest BCUT2D eigenvalue weighted by molar-refractivity contribution is 7.99. The van der Waals surface area contributed by atoms with Crippen LogP contribution >= 0.6 is 11.8 Å². The van der Waals surface area contributed by atoms with Gasteiger partial charge in [0.2, 0.25) is 0 Å². The highest BCUT2D eigenvalue weighted by Crippen LogP contribution is 2.25. The Morgan fingerprint density at radius 1 is 1.57 bits per heavy atom. The SMILES string of the molecule is CCC(COC)NC1CCCSC1C. The Morgan fingerprint density at radius 3 is 2.93 bits per heavy atom. The molecule has 1 fully saturated rings. The Bertz CT molecular complexity index is 154. The monoisotopic (exact) mass is 217 g/mol. The van der Waals surface area contributed by atoms with Crippen molar-refractivity contribution in [3.63, 3.8) is 0 Å². The molecule has 0 radical (unpaired) electrons. The lowest BCUT2D eigenvalue weighted by molar-refractivity contribution is 0.157. The third-order valence-corrected chi connectivity index (χ3v) is 4.30. The first-order valence-electron chi connectivity index (χ1n) is 5.64. The Morgan fingerprint density at radius 2 is 2.36 bits per heavy atom. The molecule has 0 bridgehead atoms. The molecule has 1 heterocycles. The molecule has 0 aromatic rings. The van der Waals surface area contributed by atoms with E-state index < -0.39 is 0 Å². The maximum absolute atomic E-state index is 5.20. The van der Waals surface area contributed by atoms with Crippen LogP contribution in [0.3, 0.4) is 0 Å². The van der Waals surface area contributed by atoms with Gasteiger partial charge in [-0.15, -0.1) is 0 Å². The second kappa shape index (κ2) is 6.70. The fraction of sp³-hybridized carbons (Fsp3) is 1.00. The number of hydrogen-bond donors (Lipinski definition) is 1. The summed E-state index contributed by atoms with van der Waals surface area (Å²) in [6, 6.07) is 1.22. The number of rotatable bonds is 5. The van der Waals surface area contributed by atoms with Gasteiger partial charge >= 0.3 is 0 Å². The van der Waals surface area contributed by atoms with E-state index >= 15 is 0 Å². The number of thioether (sulfide) groups is 1. The molecule has 0 spiro atoms. The summed E-state index contributed by atoms with van der Waals surface area (Å²) in [4.78, 5) is 0. The average Bonchev–Trinajstić information content (AvgIpc) is 2.20. The Kier molecular flexibility index (Phi) is 5.90. The minimum atomic E-state index is 0.533. The molecule has 1 saturated heterocycles. The van der Waals surface area contributed by atoms with Crippen LogP contribution in [-0.2, 0) is 4.74 Å². The van der Waals surface area contributed by atoms with Crippen molar-refractivity contribution in [1.29, 1.82) is 0 Å². The predicted octanol–water partition coefficient (Wildman–Crippen LogP) is 2.29. The van der Waals surface area contributed by atoms with Gasteiger partial charge in [0.1, 0.15) is 0 Å². The van der Waals surface area contributed by atoms with Gasteiger partial charge in [-0.1, -0.05) is 13.8 Å². The van der Waals surface area contributed by atoms with Gasteiger partial charge in [-0.2, -0.15) is 11.8 Å². The van der Waals surface area contributed by atoms with Crippen LogP contribution in [0.4, 0.5) is 0 Å². The van der Waals surface area contributed by atoms with Crippen molar-refractivity contribution in [3.05, 3.63) is 0 Å². The van der Waals surface area contributed by atoms with Crippen molar-refractivity contribution < 1.29 is 4.74 Å². The largest absolute Gasteiger partial charge is 0.383 e. The zero-order valence-corrected chi connectivity index (χ0v) is 10.4. The predicted molar refractivity (Wildman–Crippen MR) is 64.0 cm³/mol. The zero-order valence-electron chi connectivity index (χ0n) is 9.58. The lowest BCUT2D eigenvalue weighted by Crippen LogP contribution is -2.46. The lowest BCUT2D eigenvalue weighted by Gasteiger charge is -2.32. The van der Waals surface area contributed by atoms with Gasteiger partial charge in [-0.25, -0.2) is 0 Å². The van der Waals surface area contributed by atoms with Crippen LogP contribution in [-0.4, -0.2) is 36.8 Å². The molecule has 3 unspecified atom stereocenters. The van der Waals surface area contributed by atoms with Gasteiger partial charge in [-0.05, 0) is 25.0 Å². The molecule has 0 saturated carbocycles. The van der Waals surface area contributed by atoms with Gasteiger partial charge < -0.3 is 10.1 Å². The van der Waals surface area contributed by atoms with E-state index in [1.165, 1.54) is 18.6 Å². The normalized spacial score (nSPS) is 30.2. The highest BCUT2D eigenvalue weighted by Gasteiger charge is 2.23. The van der Waals surface area contributed by atoms with Crippen LogP contribution < -0.4 is 5.32 Å². The van der Waals surface area contributed by atoms with E-state index in [1.807, 2.05) is 0 Å². The van der Waals surface area contributed by atoms with Crippen molar-refractivity contribution in [1.82, 2.24) is 5.32 Å². The van der Waals surface area contributed by atoms with Crippen molar-refractivity contribution in [2.45, 2.75) is 50.4 Å². The van der Waals surface area contributed by atoms with Crippen molar-refractivity contribution in [2.75, 3.05) is 19.5 Å². The van der Waals surface area contributed by atoms with Crippen LogP contribution in [0.1, 0.15) is 33.1 Å². The lowest BCUT2D eigenvalue weighted by atomic mass is 10.1. The summed E-state index contributed by atoms with van der Waals surface area (Å²) in [5, 5.41) is 4.47. The van der Waals surface area contributed by atoms with Gasteiger partial charge in [-0.3, -0.25) is 0 Å². The second-order valence-corrected chi connectivity index (χ2v) is 5.54. The van der Waals surface area contributed by atoms with E-state index in [-0.39, 0.29) is 0 Å². The Labute approximate surface area is 92.2 Å². The number of methoxy groups -OCH3 is 1. The topological polar surface area (TPSA) is 21.3 Å². The van der Waals surface area contributed by atoms with Crippen LogP contribution in [0, 0.1) is 0 Å². The summed E-state index contributed by atoms with van der Waals surface area (Å²) >= 11 is 2.09. The number of nitrogens with one attached hydrogen (secondary N) is 1. The Hall–Kier alpha value is 0.270. The molecule has 1 aliphatic rings. The number of ether oxygens (including phenoxy) is 1. The molecule has 2 nitrogen and oxygen atoms in total. The summed E-state index contributed by atoms with van der Waals surface area (Å²) in [5.41, 5.74) is 0. The van der Waals surface area contributed by atoms with E-state index in [4.69, 9.17) is 4.74 Å². The fourth-order valence-corrected chi connectivity index (χ4v) is 3.08. The minimum Gasteiger partial charge on any atom is -0.383 e. The van der Waals surface area contributed by atoms with Crippen LogP contribution in [0.2, 0.25) is 0 Å². The minimum absolute atomic E-state index is 0.533. The van der Waals surface area contributed by atoms with Gasteiger partial charge in [0.05, 0.1) is 6.61 Å². The summed E-state index contributed by atoms with van der Waals surface area (Å²) in [7, 11) is 1.78. The van der Waals surface area contributed by atoms with Gasteiger partial charge in [0.15, 0.2) is 0 Å². The maximum Gasteiger partial charge on any atom is 0.0615 e. The van der Waals surface area contributed by atoms with Crippen LogP contribution in [0.15, 0.2) is 0 Å². The summed E-state index contributed by atoms with van der Waals surface area (Å²) < 4.78 is 5.20. The van der Waals surface area contributed by atoms with Crippen molar-refractivity contribution in [3.8, 4) is 0 Å². The quantitative estimate of drug-likeness (QED) is 0.763. The third kappa shape index (κ3) is 3.79. The molecule has 3 atom stereocenters. The van der Waals surface area contributed by atoms with Gasteiger partial charge in [0, 0.05) is 24.4 Å². The number of hydrogen-bond acceptors (Lipinski definition) is 3. The molecule has 1 aliphatic heterocycles. The van der Waals surface area contributed by atoms with Crippen LogP contribution in [0.25, 0.3) is 0 Å². The molecule has 84 valence electrons. The first-order chi connectivity index (χ1) is 6.77. The molecular weight excluding hydrogens is 194 g/mol. The molecule has 0 aliphatic carbocycles. The molecule has 0 aromatic heterocycles. The molecule has 3 heteroatoms. The maximum atomic E-state index is 5.20. The molecule has 14 heavy (non-hydrogen) atoms. The van der Waals surface area contributed by atoms with E-state index in [9.17, 15) is 0 Å². The highest BCUT2D eigenvalue weighted by atomic mass is 32.2. The fourth-order valence-electron chi connectivity index (χ4n) is 1.93. The second-order valence-electron chi connectivity index (χ2n) is 4.05. The third-order valence-electron chi connectivity index (χ3n) is 2.92. The van der Waals surface area contributed by atoms with Crippen LogP contribution in [0.5, 0.6) is 0 Å². The van der Waals surface area contributed by atoms with Gasteiger partial charge in [0.25, 0.3) is 0 Å². The standard InChI is InChI=1S/C11H23NOS/c1-4-10(8-13-3)12-11-6-5-7-14-9(11)2/h9-12H,4-8H2,1-3H3.